The fraction of sp³-hybridized carbons (Fsp3) is 0.333. The summed E-state index contributed by atoms with van der Waals surface area (Å²) in [5, 5.41) is 0. The van der Waals surface area contributed by atoms with E-state index in [4.69, 9.17) is 0 Å². The number of hydrogen-bond donors (Lipinski definition) is 0. The Morgan fingerprint density at radius 3 is 2.45 bits per heavy atom. The molecule has 0 fully saturated rings. The third-order valence-corrected chi connectivity index (χ3v) is 5.52. The van der Waals surface area contributed by atoms with Crippen molar-refractivity contribution in [3.8, 4) is 0 Å². The van der Waals surface area contributed by atoms with Crippen molar-refractivity contribution in [2.75, 3.05) is 6.54 Å². The van der Waals surface area contributed by atoms with E-state index in [1.54, 1.807) is 0 Å². The largest absolute Gasteiger partial charge is 0.286 e. The molecule has 1 nitrogen and oxygen atoms in total. The third kappa shape index (κ3) is 2.04. The van der Waals surface area contributed by atoms with Gasteiger partial charge in [-0.25, -0.2) is 0 Å². The van der Waals surface area contributed by atoms with Gasteiger partial charge in [0.2, 0.25) is 0 Å². The van der Waals surface area contributed by atoms with E-state index < -0.39 is 0 Å². The molecule has 1 unspecified atom stereocenters. The summed E-state index contributed by atoms with van der Waals surface area (Å²) in [6.07, 6.45) is 7.00. The Labute approximate surface area is 133 Å². The van der Waals surface area contributed by atoms with Crippen molar-refractivity contribution in [1.82, 2.24) is 4.90 Å². The van der Waals surface area contributed by atoms with Gasteiger partial charge < -0.3 is 0 Å². The molecule has 1 aliphatic heterocycles. The summed E-state index contributed by atoms with van der Waals surface area (Å²) in [6, 6.07) is 17.9. The van der Waals surface area contributed by atoms with Crippen LogP contribution in [0.3, 0.4) is 0 Å². The molecule has 0 bridgehead atoms. The summed E-state index contributed by atoms with van der Waals surface area (Å²) >= 11 is 0. The highest BCUT2D eigenvalue weighted by molar-refractivity contribution is 5.41. The minimum Gasteiger partial charge on any atom is -0.286 e. The minimum atomic E-state index is 0.0162. The molecule has 0 aromatic heterocycles. The SMILES string of the molecule is C=CC1(N2CCc3ccccc3C2)CCCc2ccccc21. The molecule has 4 rings (SSSR count). The molecule has 1 heterocycles. The van der Waals surface area contributed by atoms with E-state index in [2.05, 4.69) is 66.1 Å². The molecule has 0 spiro atoms. The second-order valence-electron chi connectivity index (χ2n) is 6.58. The molecule has 1 aliphatic carbocycles. The van der Waals surface area contributed by atoms with Gasteiger partial charge in [-0.1, -0.05) is 54.6 Å². The normalized spacial score (nSPS) is 24.4. The van der Waals surface area contributed by atoms with Crippen molar-refractivity contribution in [3.63, 3.8) is 0 Å². The molecule has 22 heavy (non-hydrogen) atoms. The predicted molar refractivity (Wildman–Crippen MR) is 91.8 cm³/mol. The second kappa shape index (κ2) is 5.40. The first kappa shape index (κ1) is 13.8. The van der Waals surface area contributed by atoms with Crippen LogP contribution < -0.4 is 0 Å². The molecule has 2 aromatic rings. The molecule has 0 amide bonds. The number of hydrogen-bond acceptors (Lipinski definition) is 1. The Hall–Kier alpha value is -1.86. The van der Waals surface area contributed by atoms with Crippen molar-refractivity contribution in [2.24, 2.45) is 0 Å². The molecule has 2 aromatic carbocycles. The molecule has 0 saturated carbocycles. The lowest BCUT2D eigenvalue weighted by Crippen LogP contribution is -2.48. The van der Waals surface area contributed by atoms with Gasteiger partial charge in [0, 0.05) is 13.1 Å². The fourth-order valence-electron chi connectivity index (χ4n) is 4.35. The lowest BCUT2D eigenvalue weighted by Gasteiger charge is -2.47. The van der Waals surface area contributed by atoms with Crippen molar-refractivity contribution >= 4 is 0 Å². The van der Waals surface area contributed by atoms with Crippen LogP contribution in [0.25, 0.3) is 0 Å². The van der Waals surface area contributed by atoms with Crippen LogP contribution in [0.5, 0.6) is 0 Å². The molecule has 2 aliphatic rings. The predicted octanol–water partition coefficient (Wildman–Crippen LogP) is 4.46. The minimum absolute atomic E-state index is 0.0162. The van der Waals surface area contributed by atoms with Gasteiger partial charge in [0.25, 0.3) is 0 Å². The molecule has 112 valence electrons. The number of aryl methyl sites for hydroxylation is 1. The number of nitrogens with zero attached hydrogens (tertiary/aromatic N) is 1. The molecule has 1 heteroatoms. The molecular formula is C21H23N. The average molecular weight is 289 g/mol. The molecule has 0 N–H and O–H groups in total. The van der Waals surface area contributed by atoms with Crippen LogP contribution in [0.15, 0.2) is 61.2 Å². The summed E-state index contributed by atoms with van der Waals surface area (Å²) in [4.78, 5) is 2.65. The summed E-state index contributed by atoms with van der Waals surface area (Å²) < 4.78 is 0. The Morgan fingerprint density at radius 1 is 0.909 bits per heavy atom. The summed E-state index contributed by atoms with van der Waals surface area (Å²) in [6.45, 7) is 6.41. The van der Waals surface area contributed by atoms with Crippen LogP contribution in [0.1, 0.15) is 35.1 Å². The van der Waals surface area contributed by atoms with Crippen molar-refractivity contribution < 1.29 is 0 Å². The highest BCUT2D eigenvalue weighted by Crippen LogP contribution is 2.43. The van der Waals surface area contributed by atoms with Crippen LogP contribution >= 0.6 is 0 Å². The zero-order valence-corrected chi connectivity index (χ0v) is 13.1. The Balaban J connectivity index is 1.76. The molecule has 0 radical (unpaired) electrons. The highest BCUT2D eigenvalue weighted by Gasteiger charge is 2.40. The molecule has 1 atom stereocenters. The lowest BCUT2D eigenvalue weighted by molar-refractivity contribution is 0.0955. The quantitative estimate of drug-likeness (QED) is 0.738. The van der Waals surface area contributed by atoms with E-state index in [-0.39, 0.29) is 5.54 Å². The standard InChI is InChI=1S/C21H23N/c1-2-21(14-7-11-18-9-5-6-12-20(18)21)22-15-13-17-8-3-4-10-19(17)16-22/h2-6,8-10,12H,1,7,11,13-16H2. The maximum Gasteiger partial charge on any atom is 0.0648 e. The molecule has 0 saturated heterocycles. The zero-order chi connectivity index (χ0) is 15.0. The summed E-state index contributed by atoms with van der Waals surface area (Å²) in [5.41, 5.74) is 6.01. The van der Waals surface area contributed by atoms with Gasteiger partial charge in [0.15, 0.2) is 0 Å². The summed E-state index contributed by atoms with van der Waals surface area (Å²) in [7, 11) is 0. The zero-order valence-electron chi connectivity index (χ0n) is 13.1. The Morgan fingerprint density at radius 2 is 1.64 bits per heavy atom. The smallest absolute Gasteiger partial charge is 0.0648 e. The van der Waals surface area contributed by atoms with E-state index in [1.165, 1.54) is 41.5 Å². The van der Waals surface area contributed by atoms with Crippen molar-refractivity contribution in [2.45, 2.75) is 37.8 Å². The number of fused-ring (bicyclic) bond motifs is 2. The van der Waals surface area contributed by atoms with Gasteiger partial charge in [-0.05, 0) is 47.9 Å². The first-order chi connectivity index (χ1) is 10.8. The Bertz CT molecular complexity index is 703. The van der Waals surface area contributed by atoms with Crippen molar-refractivity contribution in [3.05, 3.63) is 83.4 Å². The topological polar surface area (TPSA) is 3.24 Å². The number of rotatable bonds is 2. The highest BCUT2D eigenvalue weighted by atomic mass is 15.2. The van der Waals surface area contributed by atoms with Crippen LogP contribution in [0.4, 0.5) is 0 Å². The van der Waals surface area contributed by atoms with Crippen LogP contribution in [-0.4, -0.2) is 11.4 Å². The van der Waals surface area contributed by atoms with Gasteiger partial charge in [0.1, 0.15) is 0 Å². The van der Waals surface area contributed by atoms with E-state index in [1.807, 2.05) is 0 Å². The van der Waals surface area contributed by atoms with Crippen LogP contribution in [0.2, 0.25) is 0 Å². The number of benzene rings is 2. The fourth-order valence-corrected chi connectivity index (χ4v) is 4.35. The second-order valence-corrected chi connectivity index (χ2v) is 6.58. The first-order valence-electron chi connectivity index (χ1n) is 8.37. The molecular weight excluding hydrogens is 266 g/mol. The van der Waals surface area contributed by atoms with Gasteiger partial charge in [0.05, 0.1) is 5.54 Å². The van der Waals surface area contributed by atoms with Crippen molar-refractivity contribution in [1.29, 1.82) is 0 Å². The van der Waals surface area contributed by atoms with E-state index >= 15 is 0 Å². The van der Waals surface area contributed by atoms with Crippen LogP contribution in [0, 0.1) is 0 Å². The maximum atomic E-state index is 4.24. The van der Waals surface area contributed by atoms with Gasteiger partial charge in [-0.2, -0.15) is 0 Å². The van der Waals surface area contributed by atoms with Crippen LogP contribution in [-0.2, 0) is 24.9 Å². The summed E-state index contributed by atoms with van der Waals surface area (Å²) in [5.74, 6) is 0. The van der Waals surface area contributed by atoms with Gasteiger partial charge in [-0.3, -0.25) is 4.90 Å². The van der Waals surface area contributed by atoms with E-state index in [9.17, 15) is 0 Å². The maximum absolute atomic E-state index is 4.24. The first-order valence-corrected chi connectivity index (χ1v) is 8.37. The third-order valence-electron chi connectivity index (χ3n) is 5.52. The van der Waals surface area contributed by atoms with Gasteiger partial charge >= 0.3 is 0 Å². The average Bonchev–Trinajstić information content (AvgIpc) is 2.60. The lowest BCUT2D eigenvalue weighted by atomic mass is 9.74. The van der Waals surface area contributed by atoms with Gasteiger partial charge in [-0.15, -0.1) is 6.58 Å². The van der Waals surface area contributed by atoms with E-state index in [0.29, 0.717) is 0 Å². The van der Waals surface area contributed by atoms with E-state index in [0.717, 1.165) is 19.5 Å². The Kier molecular flexibility index (Phi) is 3.38. The monoisotopic (exact) mass is 289 g/mol.